The van der Waals surface area contributed by atoms with Crippen molar-refractivity contribution in [3.63, 3.8) is 0 Å². The topological polar surface area (TPSA) is 0 Å². The quantitative estimate of drug-likeness (QED) is 0.431. The number of hydrogen-bond donors (Lipinski definition) is 0. The SMILES string of the molecule is C1=CC23CCC(C1)(C2)C3. The van der Waals surface area contributed by atoms with Crippen molar-refractivity contribution >= 4 is 0 Å². The second-order valence-electron chi connectivity index (χ2n) is 4.32. The Balaban J connectivity index is 2.17. The second kappa shape index (κ2) is 1.00. The largest absolute Gasteiger partial charge is 0.0874 e. The van der Waals surface area contributed by atoms with E-state index >= 15 is 0 Å². The maximum Gasteiger partial charge on any atom is -0.0107 e. The van der Waals surface area contributed by atoms with Crippen LogP contribution in [0.5, 0.6) is 0 Å². The zero-order chi connectivity index (χ0) is 5.95. The molecule has 0 atom stereocenters. The highest BCUT2D eigenvalue weighted by Crippen LogP contribution is 2.71. The lowest BCUT2D eigenvalue weighted by atomic mass is 9.56. The van der Waals surface area contributed by atoms with Crippen LogP contribution in [0.4, 0.5) is 0 Å². The molecule has 0 heterocycles. The fraction of sp³-hybridized carbons (Fsp3) is 0.778. The molecule has 0 saturated heterocycles. The Morgan fingerprint density at radius 3 is 2.67 bits per heavy atom. The molecule has 3 fully saturated rings. The summed E-state index contributed by atoms with van der Waals surface area (Å²) < 4.78 is 0. The van der Waals surface area contributed by atoms with Gasteiger partial charge in [0.15, 0.2) is 0 Å². The van der Waals surface area contributed by atoms with E-state index in [0.717, 1.165) is 10.8 Å². The van der Waals surface area contributed by atoms with Gasteiger partial charge in [-0.1, -0.05) is 12.2 Å². The molecule has 0 unspecified atom stereocenters. The van der Waals surface area contributed by atoms with Crippen LogP contribution in [0.1, 0.15) is 32.1 Å². The van der Waals surface area contributed by atoms with Gasteiger partial charge in [0.1, 0.15) is 0 Å². The van der Waals surface area contributed by atoms with Crippen LogP contribution < -0.4 is 0 Å². The van der Waals surface area contributed by atoms with Gasteiger partial charge < -0.3 is 0 Å². The molecule has 48 valence electrons. The molecule has 0 aromatic carbocycles. The first-order valence-corrected chi connectivity index (χ1v) is 4.01. The molecule has 0 aromatic rings. The summed E-state index contributed by atoms with van der Waals surface area (Å²) in [6.07, 6.45) is 12.4. The first-order valence-electron chi connectivity index (χ1n) is 4.01. The summed E-state index contributed by atoms with van der Waals surface area (Å²) in [5.41, 5.74) is 1.59. The highest BCUT2D eigenvalue weighted by atomic mass is 14.6. The molecule has 0 aliphatic heterocycles. The molecule has 0 nitrogen and oxygen atoms in total. The molecule has 0 N–H and O–H groups in total. The van der Waals surface area contributed by atoms with Gasteiger partial charge in [0.05, 0.1) is 0 Å². The van der Waals surface area contributed by atoms with Crippen molar-refractivity contribution in [3.8, 4) is 0 Å². The lowest BCUT2D eigenvalue weighted by Crippen LogP contribution is -2.38. The molecular formula is C9H12. The zero-order valence-electron chi connectivity index (χ0n) is 5.69. The summed E-state index contributed by atoms with van der Waals surface area (Å²) in [6.45, 7) is 0. The fourth-order valence-electron chi connectivity index (χ4n) is 3.32. The zero-order valence-corrected chi connectivity index (χ0v) is 5.69. The first-order chi connectivity index (χ1) is 4.33. The van der Waals surface area contributed by atoms with Gasteiger partial charge in [-0.2, -0.15) is 0 Å². The Morgan fingerprint density at radius 1 is 1.11 bits per heavy atom. The lowest BCUT2D eigenvalue weighted by molar-refractivity contribution is 0.0746. The van der Waals surface area contributed by atoms with Crippen LogP contribution in [0, 0.1) is 10.8 Å². The molecule has 3 saturated carbocycles. The molecule has 0 amide bonds. The fourth-order valence-corrected chi connectivity index (χ4v) is 3.32. The number of rotatable bonds is 0. The van der Waals surface area contributed by atoms with Gasteiger partial charge in [0.25, 0.3) is 0 Å². The van der Waals surface area contributed by atoms with Crippen molar-refractivity contribution < 1.29 is 0 Å². The summed E-state index contributed by atoms with van der Waals surface area (Å²) in [5, 5.41) is 0. The number of fused-ring (bicyclic) bond motifs is 2. The third kappa shape index (κ3) is 0.357. The second-order valence-corrected chi connectivity index (χ2v) is 4.32. The van der Waals surface area contributed by atoms with Crippen LogP contribution in [0.15, 0.2) is 12.2 Å². The van der Waals surface area contributed by atoms with Gasteiger partial charge in [-0.15, -0.1) is 0 Å². The van der Waals surface area contributed by atoms with E-state index in [1.54, 1.807) is 0 Å². The Bertz CT molecular complexity index is 182. The van der Waals surface area contributed by atoms with E-state index in [2.05, 4.69) is 12.2 Å². The van der Waals surface area contributed by atoms with Crippen molar-refractivity contribution in [3.05, 3.63) is 12.2 Å². The van der Waals surface area contributed by atoms with Crippen molar-refractivity contribution in [1.29, 1.82) is 0 Å². The van der Waals surface area contributed by atoms with Crippen LogP contribution in [0.2, 0.25) is 0 Å². The monoisotopic (exact) mass is 120 g/mol. The summed E-state index contributed by atoms with van der Waals surface area (Å²) >= 11 is 0. The van der Waals surface area contributed by atoms with E-state index in [1.165, 1.54) is 32.1 Å². The Hall–Kier alpha value is -0.260. The van der Waals surface area contributed by atoms with Crippen molar-refractivity contribution in [2.45, 2.75) is 32.1 Å². The average Bonchev–Trinajstić information content (AvgIpc) is 2.20. The van der Waals surface area contributed by atoms with E-state index in [-0.39, 0.29) is 0 Å². The van der Waals surface area contributed by atoms with Crippen LogP contribution in [-0.4, -0.2) is 0 Å². The number of allylic oxidation sites excluding steroid dienone is 2. The van der Waals surface area contributed by atoms with Gasteiger partial charge in [-0.3, -0.25) is 0 Å². The maximum absolute atomic E-state index is 2.49. The molecule has 0 heteroatoms. The minimum Gasteiger partial charge on any atom is -0.0874 e. The van der Waals surface area contributed by atoms with Crippen LogP contribution in [0.25, 0.3) is 0 Å². The third-order valence-corrected chi connectivity index (χ3v) is 3.63. The van der Waals surface area contributed by atoms with E-state index in [0.29, 0.717) is 0 Å². The normalized spacial score (nSPS) is 59.6. The van der Waals surface area contributed by atoms with Crippen LogP contribution >= 0.6 is 0 Å². The smallest absolute Gasteiger partial charge is 0.0107 e. The molecule has 5 aliphatic carbocycles. The minimum absolute atomic E-state index is 0.748. The van der Waals surface area contributed by atoms with Gasteiger partial charge in [-0.05, 0) is 42.9 Å². The van der Waals surface area contributed by atoms with Gasteiger partial charge in [0.2, 0.25) is 0 Å². The van der Waals surface area contributed by atoms with E-state index in [4.69, 9.17) is 0 Å². The standard InChI is InChI=1S/C9H12/c1-2-8-4-5-9(3-1,6-8)7-8/h1-2H,3-7H2. The Morgan fingerprint density at radius 2 is 2.00 bits per heavy atom. The van der Waals surface area contributed by atoms with E-state index in [1.807, 2.05) is 0 Å². The molecule has 9 heavy (non-hydrogen) atoms. The highest BCUT2D eigenvalue weighted by molar-refractivity contribution is 5.24. The van der Waals surface area contributed by atoms with Crippen LogP contribution in [-0.2, 0) is 0 Å². The lowest BCUT2D eigenvalue weighted by Gasteiger charge is -2.49. The Kier molecular flexibility index (Phi) is 0.505. The maximum atomic E-state index is 2.49. The Labute approximate surface area is 56.0 Å². The summed E-state index contributed by atoms with van der Waals surface area (Å²) in [7, 11) is 0. The van der Waals surface area contributed by atoms with Crippen molar-refractivity contribution in [1.82, 2.24) is 0 Å². The summed E-state index contributed by atoms with van der Waals surface area (Å²) in [5.74, 6) is 0. The molecule has 5 rings (SSSR count). The minimum atomic E-state index is 0.748. The molecule has 0 spiro atoms. The molecule has 2 bridgehead atoms. The van der Waals surface area contributed by atoms with E-state index in [9.17, 15) is 0 Å². The number of hydrogen-bond acceptors (Lipinski definition) is 0. The van der Waals surface area contributed by atoms with E-state index < -0.39 is 0 Å². The third-order valence-electron chi connectivity index (χ3n) is 3.63. The molecular weight excluding hydrogens is 108 g/mol. The van der Waals surface area contributed by atoms with Gasteiger partial charge in [0, 0.05) is 0 Å². The van der Waals surface area contributed by atoms with Gasteiger partial charge >= 0.3 is 0 Å². The average molecular weight is 120 g/mol. The van der Waals surface area contributed by atoms with Crippen molar-refractivity contribution in [2.75, 3.05) is 0 Å². The van der Waals surface area contributed by atoms with Gasteiger partial charge in [-0.25, -0.2) is 0 Å². The van der Waals surface area contributed by atoms with Crippen LogP contribution in [0.3, 0.4) is 0 Å². The first kappa shape index (κ1) is 4.54. The summed E-state index contributed by atoms with van der Waals surface area (Å²) in [4.78, 5) is 0. The molecule has 5 aliphatic rings. The summed E-state index contributed by atoms with van der Waals surface area (Å²) in [6, 6.07) is 0. The predicted octanol–water partition coefficient (Wildman–Crippen LogP) is 2.51. The van der Waals surface area contributed by atoms with Crippen molar-refractivity contribution in [2.24, 2.45) is 10.8 Å². The molecule has 0 aromatic heterocycles. The highest BCUT2D eigenvalue weighted by Gasteiger charge is 2.60. The molecule has 0 radical (unpaired) electrons. The predicted molar refractivity (Wildman–Crippen MR) is 37.1 cm³/mol.